The molecular weight excluding hydrogens is 399 g/mol. The molecule has 0 amide bonds. The smallest absolute Gasteiger partial charge is 0.263 e. The average molecular weight is 410 g/mol. The zero-order valence-electron chi connectivity index (χ0n) is 11.1. The molecule has 0 bridgehead atoms. The summed E-state index contributed by atoms with van der Waals surface area (Å²) in [4.78, 5) is 3.70. The molecule has 0 atom stereocenters. The molecule has 1 aromatic heterocycles. The quantitative estimate of drug-likeness (QED) is 0.755. The van der Waals surface area contributed by atoms with Crippen molar-refractivity contribution >= 4 is 54.8 Å². The van der Waals surface area contributed by atoms with Crippen LogP contribution in [-0.2, 0) is 10.0 Å². The maximum Gasteiger partial charge on any atom is 0.263 e. The number of benzene rings is 1. The first-order valence-electron chi connectivity index (χ1n) is 5.81. The number of hydrogen-bond donors (Lipinski definition) is 1. The van der Waals surface area contributed by atoms with E-state index >= 15 is 0 Å². The van der Waals surface area contributed by atoms with Crippen molar-refractivity contribution < 1.29 is 8.42 Å². The Morgan fingerprint density at radius 1 is 1.14 bits per heavy atom. The zero-order chi connectivity index (χ0) is 15.8. The van der Waals surface area contributed by atoms with Gasteiger partial charge in [-0.3, -0.25) is 4.72 Å². The van der Waals surface area contributed by atoms with Crippen molar-refractivity contribution in [2.75, 3.05) is 4.72 Å². The third kappa shape index (κ3) is 3.69. The van der Waals surface area contributed by atoms with E-state index in [1.165, 1.54) is 6.07 Å². The monoisotopic (exact) mass is 408 g/mol. The van der Waals surface area contributed by atoms with Crippen molar-refractivity contribution in [1.82, 2.24) is 4.98 Å². The lowest BCUT2D eigenvalue weighted by Gasteiger charge is -2.11. The van der Waals surface area contributed by atoms with Crippen LogP contribution < -0.4 is 4.72 Å². The molecule has 0 spiro atoms. The van der Waals surface area contributed by atoms with Crippen molar-refractivity contribution in [2.24, 2.45) is 0 Å². The Kier molecular flexibility index (Phi) is 4.82. The molecule has 0 fully saturated rings. The minimum atomic E-state index is -3.77. The van der Waals surface area contributed by atoms with Crippen molar-refractivity contribution in [3.63, 3.8) is 0 Å². The average Bonchev–Trinajstić information content (AvgIpc) is 2.38. The lowest BCUT2D eigenvalue weighted by molar-refractivity contribution is 0.601. The summed E-state index contributed by atoms with van der Waals surface area (Å²) < 4.78 is 28.1. The van der Waals surface area contributed by atoms with E-state index in [0.717, 1.165) is 21.8 Å². The molecule has 0 saturated carbocycles. The topological polar surface area (TPSA) is 59.1 Å². The number of aromatic nitrogens is 1. The molecule has 0 aliphatic carbocycles. The predicted molar refractivity (Wildman–Crippen MR) is 88.7 cm³/mol. The first kappa shape index (κ1) is 16.5. The lowest BCUT2D eigenvalue weighted by Crippen LogP contribution is -2.13. The molecule has 1 aromatic carbocycles. The minimum Gasteiger partial charge on any atom is -0.280 e. The maximum atomic E-state index is 12.3. The zero-order valence-corrected chi connectivity index (χ0v) is 15.0. The van der Waals surface area contributed by atoms with Gasteiger partial charge in [0.25, 0.3) is 10.0 Å². The van der Waals surface area contributed by atoms with Gasteiger partial charge in [-0.15, -0.1) is 0 Å². The van der Waals surface area contributed by atoms with Crippen LogP contribution in [0.1, 0.15) is 11.1 Å². The Hall–Kier alpha value is -0.820. The van der Waals surface area contributed by atoms with Gasteiger partial charge in [-0.05, 0) is 43.2 Å². The van der Waals surface area contributed by atoms with Gasteiger partial charge >= 0.3 is 0 Å². The van der Waals surface area contributed by atoms with Gasteiger partial charge in [0.2, 0.25) is 0 Å². The Bertz CT molecular complexity index is 787. The van der Waals surface area contributed by atoms with Crippen molar-refractivity contribution in [2.45, 2.75) is 18.7 Å². The Morgan fingerprint density at radius 3 is 2.24 bits per heavy atom. The highest BCUT2D eigenvalue weighted by atomic mass is 79.9. The van der Waals surface area contributed by atoms with Crippen LogP contribution >= 0.6 is 39.1 Å². The highest BCUT2D eigenvalue weighted by molar-refractivity contribution is 9.10. The van der Waals surface area contributed by atoms with Crippen LogP contribution in [0.2, 0.25) is 10.2 Å². The van der Waals surface area contributed by atoms with E-state index in [1.807, 2.05) is 13.8 Å². The maximum absolute atomic E-state index is 12.3. The number of nitrogens with one attached hydrogen (secondary N) is 1. The predicted octanol–water partition coefficient (Wildman–Crippen LogP) is 4.57. The second-order valence-electron chi connectivity index (χ2n) is 4.47. The van der Waals surface area contributed by atoms with Crippen molar-refractivity contribution in [3.8, 4) is 0 Å². The van der Waals surface area contributed by atoms with E-state index in [9.17, 15) is 8.42 Å². The molecule has 2 rings (SSSR count). The molecule has 1 N–H and O–H groups in total. The first-order valence-corrected chi connectivity index (χ1v) is 8.84. The van der Waals surface area contributed by atoms with E-state index in [2.05, 4.69) is 25.6 Å². The number of halogens is 3. The Morgan fingerprint density at radius 2 is 1.71 bits per heavy atom. The molecule has 0 aliphatic rings. The van der Waals surface area contributed by atoms with Gasteiger partial charge in [-0.1, -0.05) is 39.1 Å². The van der Waals surface area contributed by atoms with Crippen LogP contribution in [0.25, 0.3) is 0 Å². The number of rotatable bonds is 3. The van der Waals surface area contributed by atoms with Crippen LogP contribution in [0, 0.1) is 13.8 Å². The molecular formula is C13H11BrCl2N2O2S. The normalized spacial score (nSPS) is 11.5. The summed E-state index contributed by atoms with van der Waals surface area (Å²) in [5, 5.41) is 0.147. The number of nitrogens with zero attached hydrogens (tertiary/aromatic N) is 1. The molecule has 0 saturated heterocycles. The largest absolute Gasteiger partial charge is 0.280 e. The fourth-order valence-electron chi connectivity index (χ4n) is 1.77. The van der Waals surface area contributed by atoms with E-state index < -0.39 is 10.0 Å². The van der Waals surface area contributed by atoms with E-state index in [4.69, 9.17) is 23.2 Å². The van der Waals surface area contributed by atoms with Crippen LogP contribution in [0.3, 0.4) is 0 Å². The summed E-state index contributed by atoms with van der Waals surface area (Å²) in [7, 11) is -3.77. The molecule has 0 unspecified atom stereocenters. The fraction of sp³-hybridized carbons (Fsp3) is 0.154. The third-order valence-electron chi connectivity index (χ3n) is 2.77. The van der Waals surface area contributed by atoms with Gasteiger partial charge in [0.05, 0.1) is 5.02 Å². The molecule has 21 heavy (non-hydrogen) atoms. The van der Waals surface area contributed by atoms with Crippen molar-refractivity contribution in [1.29, 1.82) is 0 Å². The van der Waals surface area contributed by atoms with Crippen LogP contribution in [0.15, 0.2) is 33.8 Å². The number of pyridine rings is 1. The summed E-state index contributed by atoms with van der Waals surface area (Å²) in [6.07, 6.45) is 1.16. The van der Waals surface area contributed by atoms with Gasteiger partial charge < -0.3 is 0 Å². The minimum absolute atomic E-state index is 0.0462. The lowest BCUT2D eigenvalue weighted by atomic mass is 10.1. The molecule has 0 radical (unpaired) electrons. The molecule has 4 nitrogen and oxygen atoms in total. The summed E-state index contributed by atoms with van der Waals surface area (Å²) in [5.74, 6) is 0. The van der Waals surface area contributed by atoms with E-state index in [1.54, 1.807) is 12.1 Å². The highest BCUT2D eigenvalue weighted by Gasteiger charge is 2.17. The van der Waals surface area contributed by atoms with Gasteiger partial charge in [0.15, 0.2) is 0 Å². The van der Waals surface area contributed by atoms with Gasteiger partial charge in [-0.2, -0.15) is 0 Å². The summed E-state index contributed by atoms with van der Waals surface area (Å²) >= 11 is 14.9. The second-order valence-corrected chi connectivity index (χ2v) is 7.71. The summed E-state index contributed by atoms with van der Waals surface area (Å²) in [6.45, 7) is 3.77. The molecule has 0 aliphatic heterocycles. The molecule has 1 heterocycles. The van der Waals surface area contributed by atoms with Gasteiger partial charge in [-0.25, -0.2) is 13.4 Å². The second kappa shape index (κ2) is 6.12. The molecule has 8 heteroatoms. The van der Waals surface area contributed by atoms with Crippen molar-refractivity contribution in [3.05, 3.63) is 50.2 Å². The van der Waals surface area contributed by atoms with E-state index in [0.29, 0.717) is 5.69 Å². The third-order valence-corrected chi connectivity index (χ3v) is 6.06. The number of sulfonamides is 1. The van der Waals surface area contributed by atoms with Gasteiger partial charge in [0.1, 0.15) is 10.0 Å². The van der Waals surface area contributed by atoms with Gasteiger partial charge in [0, 0.05) is 16.4 Å². The van der Waals surface area contributed by atoms with E-state index in [-0.39, 0.29) is 15.1 Å². The SMILES string of the molecule is Cc1cc(NS(=O)(=O)c2cnc(Cl)c(Cl)c2)cc(C)c1Br. The number of hydrogen-bond acceptors (Lipinski definition) is 3. The van der Waals surface area contributed by atoms with Crippen LogP contribution in [0.5, 0.6) is 0 Å². The number of anilines is 1. The van der Waals surface area contributed by atoms with Crippen LogP contribution in [-0.4, -0.2) is 13.4 Å². The number of aryl methyl sites for hydroxylation is 2. The summed E-state index contributed by atoms with van der Waals surface area (Å²) in [6, 6.07) is 4.73. The standard InChI is InChI=1S/C13H11BrCl2N2O2S/c1-7-3-9(4-8(2)12(7)14)18-21(19,20)10-5-11(15)13(16)17-6-10/h3-6,18H,1-2H3. The highest BCUT2D eigenvalue weighted by Crippen LogP contribution is 2.27. The first-order chi connectivity index (χ1) is 9.70. The Balaban J connectivity index is 2.39. The summed E-state index contributed by atoms with van der Waals surface area (Å²) in [5.41, 5.74) is 2.33. The van der Waals surface area contributed by atoms with Crippen LogP contribution in [0.4, 0.5) is 5.69 Å². The molecule has 2 aromatic rings. The molecule has 112 valence electrons. The Labute approximate surface area is 141 Å². The fourth-order valence-corrected chi connectivity index (χ4v) is 3.34.